The standard InChI is InChI=1S/C25H34F3N3O5S3/c1-18(2)15-30(38(4,33)34)17-21-16-29(39(35,36)23-8-6-5-7-22(23)37)13-14-31(21)20-11-9-19(10-12-20)24(3,32)25(26,27)28/h5-12,18,21,32,37H,13-17H2,1-4H3/t21-,24?/m1/s1. The lowest BCUT2D eigenvalue weighted by Gasteiger charge is -2.44. The number of nitrogens with zero attached hydrogens (tertiary/aromatic N) is 3. The first-order valence-electron chi connectivity index (χ1n) is 12.2. The van der Waals surface area contributed by atoms with Crippen molar-refractivity contribution in [3.05, 3.63) is 54.1 Å². The lowest BCUT2D eigenvalue weighted by atomic mass is 9.95. The van der Waals surface area contributed by atoms with Crippen molar-refractivity contribution in [2.45, 2.75) is 48.4 Å². The van der Waals surface area contributed by atoms with Crippen LogP contribution in [-0.4, -0.2) is 81.8 Å². The summed E-state index contributed by atoms with van der Waals surface area (Å²) in [5.41, 5.74) is -2.92. The lowest BCUT2D eigenvalue weighted by Crippen LogP contribution is -2.59. The molecule has 1 unspecified atom stereocenters. The van der Waals surface area contributed by atoms with Gasteiger partial charge in [0, 0.05) is 43.3 Å². The van der Waals surface area contributed by atoms with Gasteiger partial charge in [-0.2, -0.15) is 21.8 Å². The first-order chi connectivity index (χ1) is 17.9. The molecule has 0 spiro atoms. The monoisotopic (exact) mass is 609 g/mol. The quantitative estimate of drug-likeness (QED) is 0.423. The van der Waals surface area contributed by atoms with Crippen molar-refractivity contribution < 1.29 is 35.1 Å². The maximum absolute atomic E-state index is 13.5. The smallest absolute Gasteiger partial charge is 0.376 e. The highest BCUT2D eigenvalue weighted by Crippen LogP contribution is 2.39. The van der Waals surface area contributed by atoms with Gasteiger partial charge in [-0.25, -0.2) is 16.8 Å². The van der Waals surface area contributed by atoms with Crippen LogP contribution < -0.4 is 4.90 Å². The van der Waals surface area contributed by atoms with Gasteiger partial charge in [0.2, 0.25) is 20.0 Å². The van der Waals surface area contributed by atoms with E-state index in [0.29, 0.717) is 12.6 Å². The number of aliphatic hydroxyl groups is 1. The maximum atomic E-state index is 13.5. The van der Waals surface area contributed by atoms with Crippen LogP contribution in [0.25, 0.3) is 0 Å². The van der Waals surface area contributed by atoms with Crippen LogP contribution in [0.2, 0.25) is 0 Å². The van der Waals surface area contributed by atoms with E-state index < -0.39 is 37.9 Å². The van der Waals surface area contributed by atoms with Crippen LogP contribution in [0.3, 0.4) is 0 Å². The van der Waals surface area contributed by atoms with E-state index in [1.54, 1.807) is 23.1 Å². The average Bonchev–Trinajstić information content (AvgIpc) is 2.82. The molecule has 8 nitrogen and oxygen atoms in total. The minimum absolute atomic E-state index is 0.00320. The summed E-state index contributed by atoms with van der Waals surface area (Å²) in [7, 11) is -7.61. The molecule has 39 heavy (non-hydrogen) atoms. The summed E-state index contributed by atoms with van der Waals surface area (Å²) in [6, 6.07) is 10.8. The Morgan fingerprint density at radius 2 is 1.64 bits per heavy atom. The molecule has 0 bridgehead atoms. The van der Waals surface area contributed by atoms with Gasteiger partial charge in [-0.1, -0.05) is 38.1 Å². The van der Waals surface area contributed by atoms with Crippen molar-refractivity contribution >= 4 is 38.4 Å². The van der Waals surface area contributed by atoms with Gasteiger partial charge in [-0.05, 0) is 42.7 Å². The molecule has 218 valence electrons. The van der Waals surface area contributed by atoms with Crippen LogP contribution in [-0.2, 0) is 25.6 Å². The molecule has 2 aromatic carbocycles. The van der Waals surface area contributed by atoms with Gasteiger partial charge in [0.05, 0.1) is 17.2 Å². The van der Waals surface area contributed by atoms with E-state index in [4.69, 9.17) is 0 Å². The Balaban J connectivity index is 1.99. The summed E-state index contributed by atoms with van der Waals surface area (Å²) >= 11 is 4.29. The fourth-order valence-electron chi connectivity index (χ4n) is 4.48. The second kappa shape index (κ2) is 11.6. The first-order valence-corrected chi connectivity index (χ1v) is 16.0. The molecule has 1 fully saturated rings. The molecule has 1 aliphatic rings. The number of alkyl halides is 3. The Kier molecular flexibility index (Phi) is 9.40. The third kappa shape index (κ3) is 7.09. The third-order valence-electron chi connectivity index (χ3n) is 6.69. The predicted molar refractivity (Wildman–Crippen MR) is 147 cm³/mol. The Bertz CT molecular complexity index is 1370. The van der Waals surface area contributed by atoms with Crippen molar-refractivity contribution in [3.8, 4) is 0 Å². The van der Waals surface area contributed by atoms with E-state index >= 15 is 0 Å². The van der Waals surface area contributed by atoms with E-state index in [2.05, 4.69) is 12.6 Å². The molecule has 0 saturated carbocycles. The summed E-state index contributed by atoms with van der Waals surface area (Å²) in [5, 5.41) is 10.0. The third-order valence-corrected chi connectivity index (χ3v) is 10.4. The minimum Gasteiger partial charge on any atom is -0.376 e. The highest BCUT2D eigenvalue weighted by molar-refractivity contribution is 7.90. The molecule has 3 rings (SSSR count). The normalized spacial score (nSPS) is 19.5. The first kappa shape index (κ1) is 31.7. The fraction of sp³-hybridized carbons (Fsp3) is 0.520. The van der Waals surface area contributed by atoms with Gasteiger partial charge in [0.1, 0.15) is 0 Å². The predicted octanol–water partition coefficient (Wildman–Crippen LogP) is 3.54. The number of thiol groups is 1. The van der Waals surface area contributed by atoms with E-state index in [1.165, 1.54) is 38.9 Å². The number of rotatable bonds is 9. The zero-order chi connectivity index (χ0) is 29.4. The average molecular weight is 610 g/mol. The highest BCUT2D eigenvalue weighted by atomic mass is 32.2. The number of sulfonamides is 2. The topological polar surface area (TPSA) is 98.2 Å². The van der Waals surface area contributed by atoms with Crippen molar-refractivity contribution in [1.82, 2.24) is 8.61 Å². The van der Waals surface area contributed by atoms with Gasteiger partial charge in [0.25, 0.3) is 0 Å². The molecule has 2 atom stereocenters. The van der Waals surface area contributed by atoms with Gasteiger partial charge in [-0.3, -0.25) is 0 Å². The van der Waals surface area contributed by atoms with Crippen LogP contribution in [0.5, 0.6) is 0 Å². The van der Waals surface area contributed by atoms with Crippen LogP contribution in [0.15, 0.2) is 58.3 Å². The van der Waals surface area contributed by atoms with E-state index in [9.17, 15) is 35.1 Å². The SMILES string of the molecule is CC(C)CN(C[C@H]1CN(S(=O)(=O)c2ccccc2S)CCN1c1ccc(C(C)(O)C(F)(F)F)cc1)S(C)(=O)=O. The van der Waals surface area contributed by atoms with Crippen LogP contribution in [0.4, 0.5) is 18.9 Å². The highest BCUT2D eigenvalue weighted by Gasteiger charge is 2.51. The lowest BCUT2D eigenvalue weighted by molar-refractivity contribution is -0.258. The fourth-order valence-corrected chi connectivity index (χ4v) is 7.55. The molecule has 0 radical (unpaired) electrons. The number of benzene rings is 2. The molecular weight excluding hydrogens is 575 g/mol. The molecule has 0 aliphatic carbocycles. The summed E-state index contributed by atoms with van der Waals surface area (Å²) in [4.78, 5) is 2.10. The number of piperazine rings is 1. The molecule has 14 heteroatoms. The summed E-state index contributed by atoms with van der Waals surface area (Å²) in [5.74, 6) is -0.00320. The Morgan fingerprint density at radius 3 is 2.15 bits per heavy atom. The molecule has 1 aliphatic heterocycles. The minimum atomic E-state index is -4.88. The molecule has 1 heterocycles. The summed E-state index contributed by atoms with van der Waals surface area (Å²) in [6.45, 7) is 4.74. The van der Waals surface area contributed by atoms with E-state index in [0.717, 1.165) is 6.26 Å². The van der Waals surface area contributed by atoms with Gasteiger partial charge in [-0.15, -0.1) is 12.6 Å². The van der Waals surface area contributed by atoms with Gasteiger partial charge >= 0.3 is 6.18 Å². The summed E-state index contributed by atoms with van der Waals surface area (Å²) < 4.78 is 94.8. The Hall–Kier alpha value is -1.84. The van der Waals surface area contributed by atoms with E-state index in [-0.39, 0.29) is 54.0 Å². The largest absolute Gasteiger partial charge is 0.421 e. The second-order valence-electron chi connectivity index (χ2n) is 10.3. The van der Waals surface area contributed by atoms with Crippen molar-refractivity contribution in [2.24, 2.45) is 5.92 Å². The number of anilines is 1. The van der Waals surface area contributed by atoms with Gasteiger partial charge < -0.3 is 10.0 Å². The second-order valence-corrected chi connectivity index (χ2v) is 14.6. The van der Waals surface area contributed by atoms with Crippen molar-refractivity contribution in [2.75, 3.05) is 43.9 Å². The number of hydrogen-bond acceptors (Lipinski definition) is 7. The van der Waals surface area contributed by atoms with Crippen molar-refractivity contribution in [1.29, 1.82) is 0 Å². The van der Waals surface area contributed by atoms with Crippen LogP contribution in [0.1, 0.15) is 26.3 Å². The summed E-state index contributed by atoms with van der Waals surface area (Å²) in [6.07, 6.45) is -3.80. The molecular formula is C25H34F3N3O5S3. The zero-order valence-corrected chi connectivity index (χ0v) is 24.7. The number of hydrogen-bond donors (Lipinski definition) is 2. The number of halogens is 3. The van der Waals surface area contributed by atoms with Crippen molar-refractivity contribution in [3.63, 3.8) is 0 Å². The maximum Gasteiger partial charge on any atom is 0.421 e. The Morgan fingerprint density at radius 1 is 1.05 bits per heavy atom. The van der Waals surface area contributed by atoms with Gasteiger partial charge in [0.15, 0.2) is 5.60 Å². The molecule has 2 aromatic rings. The molecule has 0 aromatic heterocycles. The molecule has 0 amide bonds. The van der Waals surface area contributed by atoms with E-state index in [1.807, 2.05) is 13.8 Å². The molecule has 1 saturated heterocycles. The van der Waals surface area contributed by atoms with Crippen LogP contribution >= 0.6 is 12.6 Å². The van der Waals surface area contributed by atoms with Crippen LogP contribution in [0, 0.1) is 5.92 Å². The zero-order valence-electron chi connectivity index (χ0n) is 22.1. The Labute approximate surface area is 233 Å². The molecule has 1 N–H and O–H groups in total.